The Labute approximate surface area is 233 Å². The van der Waals surface area contributed by atoms with Gasteiger partial charge < -0.3 is 10.4 Å². The number of hydrogen-bond acceptors (Lipinski definition) is 8. The van der Waals surface area contributed by atoms with Gasteiger partial charge in [-0.3, -0.25) is 23.7 Å². The third-order valence-corrected chi connectivity index (χ3v) is 10.2. The molecule has 2 aliphatic heterocycles. The molecule has 3 atom stereocenters. The van der Waals surface area contributed by atoms with E-state index in [1.54, 1.807) is 36.4 Å². The molecule has 0 radical (unpaired) electrons. The Morgan fingerprint density at radius 2 is 1.74 bits per heavy atom. The van der Waals surface area contributed by atoms with Crippen LogP contribution in [0.15, 0.2) is 75.9 Å². The fraction of sp³-hybridized carbons (Fsp3) is 0.154. The van der Waals surface area contributed by atoms with Gasteiger partial charge in [-0.15, -0.1) is 11.3 Å². The molecule has 192 valence electrons. The third kappa shape index (κ3) is 4.25. The number of phenols is 1. The van der Waals surface area contributed by atoms with Crippen molar-refractivity contribution in [3.8, 4) is 5.75 Å². The fourth-order valence-electron chi connectivity index (χ4n) is 4.76. The molecule has 12 heteroatoms. The molecule has 2 aliphatic rings. The Balaban J connectivity index is 1.38. The maximum atomic E-state index is 13.7. The number of carbonyl (C=O) groups excluding carboxylic acids is 3. The first kappa shape index (κ1) is 24.9. The zero-order valence-electron chi connectivity index (χ0n) is 19.4. The molecule has 2 aromatic carbocycles. The lowest BCUT2D eigenvalue weighted by atomic mass is 9.87. The molecule has 2 aromatic heterocycles. The van der Waals surface area contributed by atoms with Crippen LogP contribution in [-0.2, 0) is 20.9 Å². The molecule has 3 amide bonds. The topological polar surface area (TPSA) is 109 Å². The van der Waals surface area contributed by atoms with Crippen LogP contribution in [-0.4, -0.2) is 32.6 Å². The summed E-state index contributed by atoms with van der Waals surface area (Å²) in [4.78, 5) is 55.8. The number of thioether (sulfide) groups is 1. The van der Waals surface area contributed by atoms with E-state index in [1.807, 2.05) is 17.5 Å². The quantitative estimate of drug-likeness (QED) is 0.259. The van der Waals surface area contributed by atoms with Gasteiger partial charge in [-0.25, -0.2) is 4.90 Å². The van der Waals surface area contributed by atoms with Gasteiger partial charge in [-0.05, 0) is 60.0 Å². The highest BCUT2D eigenvalue weighted by atomic mass is 35.5. The number of thiophene rings is 1. The van der Waals surface area contributed by atoms with E-state index in [0.29, 0.717) is 26.3 Å². The number of hydrogen-bond donors (Lipinski definition) is 2. The Bertz CT molecular complexity index is 1610. The first-order chi connectivity index (χ1) is 18.3. The Kier molecular flexibility index (Phi) is 6.39. The molecule has 0 saturated carbocycles. The van der Waals surface area contributed by atoms with E-state index in [0.717, 1.165) is 16.2 Å². The van der Waals surface area contributed by atoms with Gasteiger partial charge in [0.15, 0.2) is 0 Å². The molecule has 38 heavy (non-hydrogen) atoms. The number of aromatic nitrogens is 1. The van der Waals surface area contributed by atoms with Gasteiger partial charge in [0.25, 0.3) is 0 Å². The number of nitrogens with one attached hydrogen (secondary N) is 1. The minimum atomic E-state index is -0.752. The fourth-order valence-corrected chi connectivity index (χ4v) is 8.61. The van der Waals surface area contributed by atoms with Gasteiger partial charge in [-0.2, -0.15) is 0 Å². The lowest BCUT2D eigenvalue weighted by molar-refractivity contribution is -0.122. The monoisotopic (exact) mass is 583 g/mol. The van der Waals surface area contributed by atoms with Crippen LogP contribution in [0.3, 0.4) is 0 Å². The van der Waals surface area contributed by atoms with E-state index in [4.69, 9.17) is 11.6 Å². The van der Waals surface area contributed by atoms with Crippen molar-refractivity contribution in [3.63, 3.8) is 0 Å². The number of nitrogens with zero attached hydrogens (tertiary/aromatic N) is 2. The zero-order valence-corrected chi connectivity index (χ0v) is 22.6. The number of benzene rings is 2. The molecular formula is C26H18ClN3O5S3. The predicted octanol–water partition coefficient (Wildman–Crippen LogP) is 4.76. The highest BCUT2D eigenvalue weighted by Crippen LogP contribution is 2.54. The number of phenolic OH excluding ortho intramolecular Hbond substituents is 1. The first-order valence-corrected chi connectivity index (χ1v) is 14.4. The normalized spacial score (nSPS) is 20.3. The summed E-state index contributed by atoms with van der Waals surface area (Å²) in [6.07, 6.45) is 0. The van der Waals surface area contributed by atoms with E-state index in [2.05, 4.69) is 5.32 Å². The second-order valence-electron chi connectivity index (χ2n) is 8.76. The van der Waals surface area contributed by atoms with E-state index in [-0.39, 0.29) is 29.0 Å². The van der Waals surface area contributed by atoms with E-state index in [1.165, 1.54) is 44.7 Å². The average molecular weight is 584 g/mol. The minimum absolute atomic E-state index is 0.0696. The van der Waals surface area contributed by atoms with E-state index < -0.39 is 23.0 Å². The summed E-state index contributed by atoms with van der Waals surface area (Å²) in [6, 6.07) is 16.3. The molecule has 6 rings (SSSR count). The van der Waals surface area contributed by atoms with Crippen molar-refractivity contribution < 1.29 is 19.5 Å². The summed E-state index contributed by atoms with van der Waals surface area (Å²) in [5.74, 6) is -2.21. The Morgan fingerprint density at radius 1 is 1.00 bits per heavy atom. The zero-order chi connectivity index (χ0) is 26.6. The number of imide groups is 1. The lowest BCUT2D eigenvalue weighted by Crippen LogP contribution is -2.32. The number of amides is 3. The van der Waals surface area contributed by atoms with E-state index >= 15 is 0 Å². The van der Waals surface area contributed by atoms with Crippen LogP contribution in [0, 0.1) is 5.92 Å². The van der Waals surface area contributed by atoms with Crippen molar-refractivity contribution in [2.75, 3.05) is 10.2 Å². The van der Waals surface area contributed by atoms with Gasteiger partial charge in [0, 0.05) is 26.4 Å². The van der Waals surface area contributed by atoms with Crippen LogP contribution in [0.5, 0.6) is 5.75 Å². The number of thiazole rings is 1. The molecule has 3 unspecified atom stereocenters. The third-order valence-electron chi connectivity index (χ3n) is 6.44. The van der Waals surface area contributed by atoms with Crippen molar-refractivity contribution in [2.24, 2.45) is 5.92 Å². The number of aromatic hydroxyl groups is 1. The van der Waals surface area contributed by atoms with Crippen molar-refractivity contribution in [2.45, 2.75) is 22.7 Å². The second-order valence-corrected chi connectivity index (χ2v) is 12.3. The molecular weight excluding hydrogens is 566 g/mol. The number of fused-ring (bicyclic) bond motifs is 2. The molecule has 8 nitrogen and oxygen atoms in total. The molecule has 4 aromatic rings. The summed E-state index contributed by atoms with van der Waals surface area (Å²) < 4.78 is 1.37. The summed E-state index contributed by atoms with van der Waals surface area (Å²) in [5, 5.41) is 14.4. The van der Waals surface area contributed by atoms with Crippen LogP contribution in [0.4, 0.5) is 11.4 Å². The van der Waals surface area contributed by atoms with Crippen molar-refractivity contribution in [3.05, 3.63) is 90.5 Å². The van der Waals surface area contributed by atoms with Gasteiger partial charge in [-0.1, -0.05) is 40.8 Å². The smallest absolute Gasteiger partial charge is 0.308 e. The summed E-state index contributed by atoms with van der Waals surface area (Å²) in [5.41, 5.74) is 0.919. The number of anilines is 2. The van der Waals surface area contributed by atoms with Crippen molar-refractivity contribution in [1.29, 1.82) is 0 Å². The highest BCUT2D eigenvalue weighted by Gasteiger charge is 2.57. The Morgan fingerprint density at radius 3 is 2.42 bits per heavy atom. The first-order valence-electron chi connectivity index (χ1n) is 11.5. The molecule has 0 bridgehead atoms. The average Bonchev–Trinajstić information content (AvgIpc) is 3.59. The van der Waals surface area contributed by atoms with Crippen LogP contribution in [0.2, 0.25) is 5.02 Å². The van der Waals surface area contributed by atoms with Crippen molar-refractivity contribution >= 4 is 75.1 Å². The summed E-state index contributed by atoms with van der Waals surface area (Å²) in [6.45, 7) is -0.254. The maximum absolute atomic E-state index is 13.7. The number of rotatable bonds is 5. The molecule has 4 heterocycles. The molecule has 1 saturated heterocycles. The van der Waals surface area contributed by atoms with Gasteiger partial charge in [0.2, 0.25) is 17.7 Å². The van der Waals surface area contributed by atoms with Crippen LogP contribution in [0.1, 0.15) is 15.7 Å². The lowest BCUT2D eigenvalue weighted by Gasteiger charge is -2.29. The van der Waals surface area contributed by atoms with Gasteiger partial charge in [0.05, 0.1) is 16.6 Å². The molecule has 0 spiro atoms. The molecule has 1 fully saturated rings. The van der Waals surface area contributed by atoms with Gasteiger partial charge >= 0.3 is 4.87 Å². The summed E-state index contributed by atoms with van der Waals surface area (Å²) in [7, 11) is 0. The van der Waals surface area contributed by atoms with Crippen LogP contribution < -0.4 is 15.1 Å². The van der Waals surface area contributed by atoms with Crippen molar-refractivity contribution in [1.82, 2.24) is 4.57 Å². The van der Waals surface area contributed by atoms with Gasteiger partial charge in [0.1, 0.15) is 17.5 Å². The van der Waals surface area contributed by atoms with Crippen LogP contribution in [0.25, 0.3) is 0 Å². The highest BCUT2D eigenvalue weighted by molar-refractivity contribution is 8.00. The predicted molar refractivity (Wildman–Crippen MR) is 149 cm³/mol. The largest absolute Gasteiger partial charge is 0.508 e. The SMILES string of the molecule is O=C(Cn1c2c(sc1=O)C(c1cccs1)C1C(=O)N(c3ccc(Cl)cc3)C(=O)C1S2)Nc1ccc(O)cc1. The minimum Gasteiger partial charge on any atom is -0.508 e. The molecule has 0 aliphatic carbocycles. The maximum Gasteiger partial charge on any atom is 0.308 e. The Hall–Kier alpha value is -3.38. The summed E-state index contributed by atoms with van der Waals surface area (Å²) >= 11 is 9.65. The van der Waals surface area contributed by atoms with E-state index in [9.17, 15) is 24.3 Å². The number of carbonyl (C=O) groups is 3. The van der Waals surface area contributed by atoms with Crippen LogP contribution >= 0.6 is 46.0 Å². The second kappa shape index (κ2) is 9.73. The standard InChI is InChI=1S/C26H18ClN3O5S3/c27-13-3-7-15(8-4-13)30-23(33)20-19(17-2-1-11-36-17)22-25(37-21(20)24(30)34)29(26(35)38-22)12-18(32)28-14-5-9-16(31)10-6-14/h1-11,19-21,31H,12H2,(H,28,32). The molecule has 2 N–H and O–H groups in total. The number of halogens is 1.